The molecule has 0 fully saturated rings. The number of carbonyl (C=O) groups excluding carboxylic acids is 1. The number of nitriles is 1. The van der Waals surface area contributed by atoms with Gasteiger partial charge in [-0.05, 0) is 74.9 Å². The fourth-order valence-electron chi connectivity index (χ4n) is 3.88. The molecule has 0 radical (unpaired) electrons. The van der Waals surface area contributed by atoms with Crippen LogP contribution in [0.5, 0.6) is 0 Å². The summed E-state index contributed by atoms with van der Waals surface area (Å²) >= 11 is 5.48. The van der Waals surface area contributed by atoms with Crippen LogP contribution in [-0.2, 0) is 17.4 Å². The van der Waals surface area contributed by atoms with E-state index in [2.05, 4.69) is 30.7 Å². The largest absolute Gasteiger partial charge is 0.420 e. The van der Waals surface area contributed by atoms with E-state index in [0.29, 0.717) is 36.9 Å². The van der Waals surface area contributed by atoms with Crippen molar-refractivity contribution in [1.29, 1.82) is 5.26 Å². The summed E-state index contributed by atoms with van der Waals surface area (Å²) in [7, 11) is 2.84. The zero-order chi connectivity index (χ0) is 36.3. The van der Waals surface area contributed by atoms with E-state index in [0.717, 1.165) is 23.1 Å². The number of hydrogen-bond donors (Lipinski definition) is 1. The molecule has 1 N–H and O–H groups in total. The molecule has 46 heavy (non-hydrogen) atoms. The molecular weight excluding hydrogens is 621 g/mol. The maximum atomic E-state index is 15.1. The third-order valence-electron chi connectivity index (χ3n) is 5.92. The first-order valence-electron chi connectivity index (χ1n) is 15.1. The smallest absolute Gasteiger partial charge is 0.351 e. The van der Waals surface area contributed by atoms with E-state index in [4.69, 9.17) is 17.5 Å². The highest BCUT2D eigenvalue weighted by Gasteiger charge is 2.40. The van der Waals surface area contributed by atoms with Crippen molar-refractivity contribution in [2.45, 2.75) is 92.8 Å². The quantitative estimate of drug-likeness (QED) is 0.0943. The van der Waals surface area contributed by atoms with Crippen molar-refractivity contribution in [1.82, 2.24) is 5.32 Å². The van der Waals surface area contributed by atoms with Crippen LogP contribution in [0.15, 0.2) is 48.1 Å². The summed E-state index contributed by atoms with van der Waals surface area (Å²) in [5.41, 5.74) is -4.05. The second kappa shape index (κ2) is 21.8. The Morgan fingerprint density at radius 2 is 1.67 bits per heavy atom. The van der Waals surface area contributed by atoms with E-state index in [9.17, 15) is 18.0 Å². The number of aryl methyl sites for hydroxylation is 1. The minimum atomic E-state index is -5.14. The molecule has 0 saturated carbocycles. The maximum absolute atomic E-state index is 15.1. The molecule has 0 spiro atoms. The molecule has 0 unspecified atom stereocenters. The van der Waals surface area contributed by atoms with Crippen LogP contribution in [0.3, 0.4) is 0 Å². The second-order valence-electron chi connectivity index (χ2n) is 9.73. The van der Waals surface area contributed by atoms with Gasteiger partial charge in [0.2, 0.25) is 0 Å². The first-order chi connectivity index (χ1) is 21.6. The summed E-state index contributed by atoms with van der Waals surface area (Å²) in [6.07, 6.45) is -0.350. The number of rotatable bonds is 9. The topological polar surface area (TPSA) is 71.7 Å². The van der Waals surface area contributed by atoms with Gasteiger partial charge in [-0.25, -0.2) is 8.78 Å². The lowest BCUT2D eigenvalue weighted by Crippen LogP contribution is -2.54. The summed E-state index contributed by atoms with van der Waals surface area (Å²) in [6, 6.07) is 7.37. The van der Waals surface area contributed by atoms with Crippen molar-refractivity contribution in [3.63, 3.8) is 0 Å². The zero-order valence-electron chi connectivity index (χ0n) is 28.6. The van der Waals surface area contributed by atoms with Gasteiger partial charge in [0.1, 0.15) is 17.7 Å². The fraction of sp³-hybridized carbons (Fsp3) is 0.471. The fourth-order valence-corrected chi connectivity index (χ4v) is 4.32. The summed E-state index contributed by atoms with van der Waals surface area (Å²) < 4.78 is 70.8. The van der Waals surface area contributed by atoms with Crippen LogP contribution in [0.25, 0.3) is 0 Å². The lowest BCUT2D eigenvalue weighted by Gasteiger charge is -2.40. The predicted octanol–water partition coefficient (Wildman–Crippen LogP) is 9.61. The molecule has 0 aliphatic rings. The van der Waals surface area contributed by atoms with Crippen molar-refractivity contribution in [2.75, 3.05) is 23.9 Å². The van der Waals surface area contributed by atoms with Gasteiger partial charge in [0.15, 0.2) is 10.9 Å². The molecule has 2 aromatic rings. The van der Waals surface area contributed by atoms with Crippen LogP contribution in [-0.4, -0.2) is 36.9 Å². The highest BCUT2D eigenvalue weighted by Crippen LogP contribution is 2.38. The van der Waals surface area contributed by atoms with Crippen LogP contribution in [0.2, 0.25) is 0 Å². The first-order valence-corrected chi connectivity index (χ1v) is 15.5. The van der Waals surface area contributed by atoms with Crippen molar-refractivity contribution in [2.24, 2.45) is 4.99 Å². The van der Waals surface area contributed by atoms with E-state index >= 15 is 8.78 Å². The van der Waals surface area contributed by atoms with Gasteiger partial charge < -0.3 is 19.9 Å². The third kappa shape index (κ3) is 12.5. The molecule has 0 aliphatic heterocycles. The molecule has 0 aromatic heterocycles. The monoisotopic (exact) mass is 669 g/mol. The van der Waals surface area contributed by atoms with Crippen LogP contribution in [0.1, 0.15) is 91.3 Å². The average molecular weight is 670 g/mol. The molecule has 0 heterocycles. The summed E-state index contributed by atoms with van der Waals surface area (Å²) in [5, 5.41) is 11.7. The number of benzene rings is 2. The predicted molar refractivity (Wildman–Crippen MR) is 184 cm³/mol. The first kappa shape index (κ1) is 44.3. The average Bonchev–Trinajstić information content (AvgIpc) is 3.02. The number of hydrogen-bond acceptors (Lipinski definition) is 4. The number of aldehydes is 1. The van der Waals surface area contributed by atoms with E-state index in [1.54, 1.807) is 7.05 Å². The molecule has 12 heteroatoms. The number of anilines is 2. The van der Waals surface area contributed by atoms with E-state index in [1.807, 2.05) is 27.7 Å². The third-order valence-corrected chi connectivity index (χ3v) is 6.38. The zero-order valence-corrected chi connectivity index (χ0v) is 29.4. The number of aliphatic imine (C=N–C) groups is 1. The Kier molecular flexibility index (Phi) is 21.0. The number of halogens is 5. The molecule has 0 atom stereocenters. The Bertz CT molecular complexity index is 1340. The van der Waals surface area contributed by atoms with E-state index in [-0.39, 0.29) is 10.8 Å². The van der Waals surface area contributed by atoms with Crippen LogP contribution < -0.4 is 15.1 Å². The van der Waals surface area contributed by atoms with E-state index < -0.39 is 40.2 Å². The van der Waals surface area contributed by atoms with Crippen molar-refractivity contribution >= 4 is 40.8 Å². The number of nitrogens with one attached hydrogen (secondary N) is 1. The van der Waals surface area contributed by atoms with Gasteiger partial charge in [-0.2, -0.15) is 18.4 Å². The lowest BCUT2D eigenvalue weighted by atomic mass is 10.0. The number of amidine groups is 1. The minimum Gasteiger partial charge on any atom is -0.351 e. The number of nitrogens with zero attached hydrogens (tertiary/aromatic N) is 4. The highest BCUT2D eigenvalue weighted by atomic mass is 32.1. The van der Waals surface area contributed by atoms with Crippen molar-refractivity contribution < 1.29 is 26.7 Å². The molecule has 0 aliphatic carbocycles. The summed E-state index contributed by atoms with van der Waals surface area (Å²) in [6.45, 7) is 18.8. The van der Waals surface area contributed by atoms with Gasteiger partial charge in [-0.1, -0.05) is 60.6 Å². The molecule has 2 aromatic carbocycles. The normalized spacial score (nSPS) is 10.8. The SMILES string of the molecule is C=CNC(CCCc1ccc(N(C(=S)N(C)c2ccc(C#N)c(C(F)(F)F)c2F)C(C)(C)C=O)cc1F)=NC.CC.CC.CCC. The van der Waals surface area contributed by atoms with Crippen LogP contribution >= 0.6 is 12.2 Å². The molecule has 0 saturated heterocycles. The Morgan fingerprint density at radius 3 is 2.11 bits per heavy atom. The van der Waals surface area contributed by atoms with Crippen molar-refractivity contribution in [3.8, 4) is 6.07 Å². The molecule has 0 bridgehead atoms. The van der Waals surface area contributed by atoms with Gasteiger partial charge in [-0.3, -0.25) is 4.99 Å². The number of alkyl halides is 3. The molecule has 256 valence electrons. The Labute approximate surface area is 277 Å². The molecule has 6 nitrogen and oxygen atoms in total. The van der Waals surface area contributed by atoms with Gasteiger partial charge in [0.25, 0.3) is 0 Å². The number of thiocarbonyl (C=S) groups is 1. The Balaban J connectivity index is 0. The highest BCUT2D eigenvalue weighted by molar-refractivity contribution is 7.80. The van der Waals surface area contributed by atoms with Gasteiger partial charge in [-0.15, -0.1) is 0 Å². The van der Waals surface area contributed by atoms with Crippen LogP contribution in [0.4, 0.5) is 33.3 Å². The van der Waals surface area contributed by atoms with Gasteiger partial charge >= 0.3 is 6.18 Å². The lowest BCUT2D eigenvalue weighted by molar-refractivity contribution is -0.140. The molecule has 0 amide bonds. The standard InChI is InChI=1S/C27H28F5N5OS.C3H8.2C2H6/c1-6-35-22(34-4)9-7-8-17-10-12-19(14-20(17)28)37(26(2,3)16-38)25(39)36(5)21-13-11-18(15-33)23(24(21)29)27(30,31)32;1-3-2;2*1-2/h6,10-14,16H,1,7-9H2,2-5H3,(H,34,35);3H2,1-2H3;2*1-2H3. The Hall–Kier alpha value is -3.85. The Morgan fingerprint density at radius 1 is 1.11 bits per heavy atom. The van der Waals surface area contributed by atoms with Crippen molar-refractivity contribution in [3.05, 3.63) is 71.4 Å². The number of carbonyl (C=O) groups is 1. The summed E-state index contributed by atoms with van der Waals surface area (Å²) in [4.78, 5) is 18.2. The molecule has 2 rings (SSSR count). The second-order valence-corrected chi connectivity index (χ2v) is 10.1. The van der Waals surface area contributed by atoms with Gasteiger partial charge in [0.05, 0.1) is 28.7 Å². The minimum absolute atomic E-state index is 0.138. The van der Waals surface area contributed by atoms with E-state index in [1.165, 1.54) is 56.6 Å². The van der Waals surface area contributed by atoms with Gasteiger partial charge in [0, 0.05) is 26.2 Å². The van der Waals surface area contributed by atoms with Crippen LogP contribution in [0, 0.1) is 23.0 Å². The summed E-state index contributed by atoms with van der Waals surface area (Å²) in [5.74, 6) is -1.59. The maximum Gasteiger partial charge on any atom is 0.420 e. The molecular formula is C34H48F5N5OS.